The summed E-state index contributed by atoms with van der Waals surface area (Å²) >= 11 is 0. The SMILES string of the molecule is NS(=O)(=O)c1ccccc1OCCOCCOCCOCCNC(=O)O. The molecular formula is C15H24N2O8S. The molecule has 0 aromatic heterocycles. The summed E-state index contributed by atoms with van der Waals surface area (Å²) in [6.45, 7) is 2.39. The van der Waals surface area contributed by atoms with Crippen molar-refractivity contribution in [3.05, 3.63) is 24.3 Å². The quantitative estimate of drug-likeness (QED) is 0.376. The summed E-state index contributed by atoms with van der Waals surface area (Å²) in [5.41, 5.74) is 0. The van der Waals surface area contributed by atoms with Crippen molar-refractivity contribution < 1.29 is 37.3 Å². The number of rotatable bonds is 14. The van der Waals surface area contributed by atoms with Crippen LogP contribution >= 0.6 is 0 Å². The van der Waals surface area contributed by atoms with E-state index in [0.717, 1.165) is 0 Å². The van der Waals surface area contributed by atoms with Gasteiger partial charge in [0.05, 0.1) is 39.6 Å². The highest BCUT2D eigenvalue weighted by Gasteiger charge is 2.13. The van der Waals surface area contributed by atoms with Gasteiger partial charge in [-0.3, -0.25) is 0 Å². The Hall–Kier alpha value is -1.92. The molecule has 1 amide bonds. The number of para-hydroxylation sites is 1. The maximum atomic E-state index is 11.4. The highest BCUT2D eigenvalue weighted by molar-refractivity contribution is 7.89. The lowest BCUT2D eigenvalue weighted by Crippen LogP contribution is -2.25. The molecule has 0 saturated carbocycles. The van der Waals surface area contributed by atoms with E-state index < -0.39 is 16.1 Å². The number of hydrogen-bond acceptors (Lipinski definition) is 7. The number of hydrogen-bond donors (Lipinski definition) is 3. The van der Waals surface area contributed by atoms with Gasteiger partial charge >= 0.3 is 6.09 Å². The average Bonchev–Trinajstić information content (AvgIpc) is 2.58. The summed E-state index contributed by atoms with van der Waals surface area (Å²) in [6.07, 6.45) is -1.08. The molecule has 0 heterocycles. The number of primary sulfonamides is 1. The molecule has 0 bridgehead atoms. The second-order valence-electron chi connectivity index (χ2n) is 4.91. The Kier molecular flexibility index (Phi) is 10.6. The largest absolute Gasteiger partial charge is 0.490 e. The van der Waals surface area contributed by atoms with Crippen LogP contribution in [-0.4, -0.2) is 72.4 Å². The average molecular weight is 392 g/mol. The van der Waals surface area contributed by atoms with E-state index in [1.165, 1.54) is 12.1 Å². The van der Waals surface area contributed by atoms with Gasteiger partial charge in [-0.15, -0.1) is 0 Å². The van der Waals surface area contributed by atoms with Crippen molar-refractivity contribution in [2.75, 3.05) is 52.8 Å². The van der Waals surface area contributed by atoms with Gasteiger partial charge in [-0.25, -0.2) is 18.4 Å². The summed E-state index contributed by atoms with van der Waals surface area (Å²) in [6, 6.07) is 6.11. The number of ether oxygens (including phenoxy) is 4. The van der Waals surface area contributed by atoms with Crippen LogP contribution in [0.5, 0.6) is 5.75 Å². The Bertz CT molecular complexity index is 638. The predicted molar refractivity (Wildman–Crippen MR) is 91.8 cm³/mol. The zero-order valence-electron chi connectivity index (χ0n) is 14.3. The van der Waals surface area contributed by atoms with Gasteiger partial charge in [0.2, 0.25) is 10.0 Å². The van der Waals surface area contributed by atoms with Crippen LogP contribution in [0.25, 0.3) is 0 Å². The first-order chi connectivity index (χ1) is 12.4. The second kappa shape index (κ2) is 12.4. The molecule has 0 radical (unpaired) electrons. The van der Waals surface area contributed by atoms with Crippen LogP contribution in [0.1, 0.15) is 0 Å². The van der Waals surface area contributed by atoms with Crippen LogP contribution in [-0.2, 0) is 24.2 Å². The molecule has 11 heteroatoms. The summed E-state index contributed by atoms with van der Waals surface area (Å²) in [5.74, 6) is 0.185. The minimum Gasteiger partial charge on any atom is -0.490 e. The smallest absolute Gasteiger partial charge is 0.404 e. The zero-order valence-corrected chi connectivity index (χ0v) is 15.1. The third-order valence-corrected chi connectivity index (χ3v) is 3.86. The van der Waals surface area contributed by atoms with E-state index in [-0.39, 0.29) is 37.0 Å². The predicted octanol–water partition coefficient (Wildman–Crippen LogP) is 0.0302. The van der Waals surface area contributed by atoms with E-state index in [4.69, 9.17) is 29.2 Å². The minimum absolute atomic E-state index is 0.0677. The number of amides is 1. The third-order valence-electron chi connectivity index (χ3n) is 2.91. The van der Waals surface area contributed by atoms with Crippen molar-refractivity contribution in [2.24, 2.45) is 5.14 Å². The van der Waals surface area contributed by atoms with Crippen molar-refractivity contribution >= 4 is 16.1 Å². The normalized spacial score (nSPS) is 11.3. The Morgan fingerprint density at radius 3 is 2.08 bits per heavy atom. The molecule has 0 spiro atoms. The molecule has 10 nitrogen and oxygen atoms in total. The Morgan fingerprint density at radius 2 is 1.50 bits per heavy atom. The number of nitrogens with two attached hydrogens (primary N) is 1. The Balaban J connectivity index is 2.00. The molecule has 0 saturated heterocycles. The van der Waals surface area contributed by atoms with E-state index in [0.29, 0.717) is 26.4 Å². The molecule has 0 aliphatic carbocycles. The Morgan fingerprint density at radius 1 is 0.962 bits per heavy atom. The van der Waals surface area contributed by atoms with E-state index >= 15 is 0 Å². The van der Waals surface area contributed by atoms with Crippen molar-refractivity contribution in [3.63, 3.8) is 0 Å². The standard InChI is InChI=1S/C15H24N2O8S/c16-26(20,21)14-4-2-1-3-13(14)25-12-11-24-10-9-23-8-7-22-6-5-17-15(18)19/h1-4,17H,5-12H2,(H,18,19)(H2,16,20,21). The van der Waals surface area contributed by atoms with Gasteiger partial charge in [0, 0.05) is 6.54 Å². The first-order valence-corrected chi connectivity index (χ1v) is 9.40. The van der Waals surface area contributed by atoms with Crippen LogP contribution in [0.3, 0.4) is 0 Å². The highest BCUT2D eigenvalue weighted by atomic mass is 32.2. The molecule has 1 aromatic carbocycles. The molecule has 0 aliphatic heterocycles. The van der Waals surface area contributed by atoms with Gasteiger partial charge < -0.3 is 29.4 Å². The number of carbonyl (C=O) groups is 1. The topological polar surface area (TPSA) is 146 Å². The summed E-state index contributed by atoms with van der Waals surface area (Å²) in [5, 5.41) is 15.6. The van der Waals surface area contributed by atoms with E-state index in [9.17, 15) is 13.2 Å². The summed E-state index contributed by atoms with van der Waals surface area (Å²) in [4.78, 5) is 10.1. The van der Waals surface area contributed by atoms with Gasteiger partial charge in [-0.2, -0.15) is 0 Å². The van der Waals surface area contributed by atoms with E-state index in [2.05, 4.69) is 5.32 Å². The summed E-state index contributed by atoms with van der Waals surface area (Å²) in [7, 11) is -3.83. The van der Waals surface area contributed by atoms with Gasteiger partial charge in [0.25, 0.3) is 0 Å². The maximum absolute atomic E-state index is 11.4. The molecule has 0 unspecified atom stereocenters. The van der Waals surface area contributed by atoms with Crippen LogP contribution in [0.2, 0.25) is 0 Å². The van der Waals surface area contributed by atoms with Crippen molar-refractivity contribution in [1.82, 2.24) is 5.32 Å². The fourth-order valence-electron chi connectivity index (χ4n) is 1.79. The van der Waals surface area contributed by atoms with Gasteiger partial charge in [-0.05, 0) is 12.1 Å². The first-order valence-electron chi connectivity index (χ1n) is 7.86. The highest BCUT2D eigenvalue weighted by Crippen LogP contribution is 2.21. The molecule has 0 fully saturated rings. The van der Waals surface area contributed by atoms with Gasteiger partial charge in [0.15, 0.2) is 0 Å². The number of carboxylic acid groups (broad SMARTS) is 1. The molecule has 1 rings (SSSR count). The van der Waals surface area contributed by atoms with Crippen LogP contribution < -0.4 is 15.2 Å². The van der Waals surface area contributed by atoms with Gasteiger partial charge in [0.1, 0.15) is 17.3 Å². The lowest BCUT2D eigenvalue weighted by atomic mass is 10.3. The van der Waals surface area contributed by atoms with Crippen molar-refractivity contribution in [3.8, 4) is 5.75 Å². The fourth-order valence-corrected chi connectivity index (χ4v) is 2.46. The minimum atomic E-state index is -3.83. The molecule has 148 valence electrons. The van der Waals surface area contributed by atoms with Gasteiger partial charge in [-0.1, -0.05) is 12.1 Å². The lowest BCUT2D eigenvalue weighted by Gasteiger charge is -2.10. The maximum Gasteiger partial charge on any atom is 0.404 e. The summed E-state index contributed by atoms with van der Waals surface area (Å²) < 4.78 is 43.9. The second-order valence-corrected chi connectivity index (χ2v) is 6.44. The molecular weight excluding hydrogens is 368 g/mol. The zero-order chi connectivity index (χ0) is 19.3. The molecule has 1 aromatic rings. The van der Waals surface area contributed by atoms with Crippen LogP contribution in [0.15, 0.2) is 29.2 Å². The molecule has 26 heavy (non-hydrogen) atoms. The van der Waals surface area contributed by atoms with Crippen LogP contribution in [0.4, 0.5) is 4.79 Å². The molecule has 0 aliphatic rings. The van der Waals surface area contributed by atoms with Crippen molar-refractivity contribution in [2.45, 2.75) is 4.90 Å². The molecule has 4 N–H and O–H groups in total. The lowest BCUT2D eigenvalue weighted by molar-refractivity contribution is 0.00977. The number of nitrogens with one attached hydrogen (secondary N) is 1. The fraction of sp³-hybridized carbons (Fsp3) is 0.533. The number of benzene rings is 1. The van der Waals surface area contributed by atoms with E-state index in [1.54, 1.807) is 12.1 Å². The monoisotopic (exact) mass is 392 g/mol. The molecule has 0 atom stereocenters. The van der Waals surface area contributed by atoms with Crippen molar-refractivity contribution in [1.29, 1.82) is 0 Å². The first kappa shape index (κ1) is 22.1. The van der Waals surface area contributed by atoms with E-state index in [1.807, 2.05) is 0 Å². The third kappa shape index (κ3) is 10.2. The Labute approximate surface area is 152 Å². The number of sulfonamides is 1. The van der Waals surface area contributed by atoms with Crippen LogP contribution in [0, 0.1) is 0 Å².